The van der Waals surface area contributed by atoms with Crippen molar-refractivity contribution in [1.82, 2.24) is 83.4 Å². The molecule has 6 fully saturated rings. The van der Waals surface area contributed by atoms with Crippen molar-refractivity contribution in [2.24, 2.45) is 0 Å². The van der Waals surface area contributed by atoms with Crippen LogP contribution in [0, 0.1) is 0 Å². The van der Waals surface area contributed by atoms with Crippen LogP contribution in [-0.4, -0.2) is 285 Å². The minimum atomic E-state index is -5.17. The van der Waals surface area contributed by atoms with Crippen molar-refractivity contribution in [2.45, 2.75) is 0 Å². The van der Waals surface area contributed by atoms with Crippen LogP contribution in [0.15, 0.2) is 0 Å². The maximum Gasteiger partial charge on any atom is 3.00 e. The van der Waals surface area contributed by atoms with E-state index in [1.165, 1.54) is 0 Å². The van der Waals surface area contributed by atoms with Crippen molar-refractivity contribution < 1.29 is 141 Å². The van der Waals surface area contributed by atoms with E-state index in [4.69, 9.17) is 52.6 Å². The third kappa shape index (κ3) is 92.3. The smallest absolute Gasteiger partial charge is 0.759 e. The molecule has 38 nitrogen and oxygen atoms in total. The quantitative estimate of drug-likeness (QED) is 0.0791. The van der Waals surface area contributed by atoms with Gasteiger partial charge in [-0.15, -0.1) is 0 Å². The fraction of sp³-hybridized carbons (Fsp3) is 1.00. The summed E-state index contributed by atoms with van der Waals surface area (Å²) in [6.07, 6.45) is 0. The first-order chi connectivity index (χ1) is 25.9. The molecule has 6 heterocycles. The van der Waals surface area contributed by atoms with Gasteiger partial charge >= 0.3 is 33.6 Å². The average Bonchev–Trinajstić information content (AvgIpc) is 3.06. The maximum atomic E-state index is 8.52. The van der Waals surface area contributed by atoms with Gasteiger partial charge in [-0.1, -0.05) is 0 Å². The van der Waals surface area contributed by atoms with Crippen molar-refractivity contribution in [3.63, 3.8) is 0 Å². The van der Waals surface area contributed by atoms with Crippen molar-refractivity contribution in [2.75, 3.05) is 159 Å². The van der Waals surface area contributed by atoms with Gasteiger partial charge in [0, 0.05) is 110 Å². The van der Waals surface area contributed by atoms with Crippen LogP contribution in [-0.2, 0) is 64.8 Å². The molecule has 4 bridgehead atoms. The molecular formula is C24H80Co2N16O22S3. The largest absolute Gasteiger partial charge is 3.00 e. The summed E-state index contributed by atoms with van der Waals surface area (Å²) < 4.78 is 102. The third-order valence-corrected chi connectivity index (χ3v) is 6.90. The van der Waals surface area contributed by atoms with Crippen molar-refractivity contribution >= 4 is 31.2 Å². The molecule has 6 rings (SSSR count). The molecule has 67 heavy (non-hydrogen) atoms. The summed E-state index contributed by atoms with van der Waals surface area (Å²) in [5, 5.41) is 41.8. The van der Waals surface area contributed by atoms with Crippen LogP contribution in [0.5, 0.6) is 0 Å². The molecule has 424 valence electrons. The minimum Gasteiger partial charge on any atom is -0.759 e. The number of rotatable bonds is 0. The van der Waals surface area contributed by atoms with E-state index in [9.17, 15) is 0 Å². The monoisotopic (exact) mass is 1160 g/mol. The van der Waals surface area contributed by atoms with E-state index in [2.05, 4.69) is 83.4 Å². The van der Waals surface area contributed by atoms with Crippen molar-refractivity contribution in [1.29, 1.82) is 0 Å². The van der Waals surface area contributed by atoms with Gasteiger partial charge in [0.15, 0.2) is 0 Å². The summed E-state index contributed by atoms with van der Waals surface area (Å²) in [4.78, 5) is 9.40. The van der Waals surface area contributed by atoms with Gasteiger partial charge in [0.1, 0.15) is 0 Å². The van der Waals surface area contributed by atoms with E-state index in [1.54, 1.807) is 0 Å². The molecule has 0 atom stereocenters. The van der Waals surface area contributed by atoms with Crippen LogP contribution >= 0.6 is 0 Å². The molecule has 43 heteroatoms. The van der Waals surface area contributed by atoms with Crippen LogP contribution in [0.2, 0.25) is 0 Å². The van der Waals surface area contributed by atoms with Gasteiger partial charge in [0.2, 0.25) is 0 Å². The molecule has 0 aromatic heterocycles. The Bertz CT molecular complexity index is 998. The summed E-state index contributed by atoms with van der Waals surface area (Å²) in [5.74, 6) is 0. The van der Waals surface area contributed by atoms with E-state index >= 15 is 0 Å². The number of hydrogen-bond donors (Lipinski definition) is 12. The first kappa shape index (κ1) is 99.7. The molecule has 0 aliphatic carbocycles. The Hall–Kier alpha value is -0.417. The topological polar surface area (TPSA) is 713 Å². The zero-order valence-electron chi connectivity index (χ0n) is 36.5. The summed E-state index contributed by atoms with van der Waals surface area (Å²) in [7, 11) is -15.5. The number of hydrogen-bond acceptors (Lipinski definition) is 28. The molecule has 0 spiro atoms. The fourth-order valence-corrected chi connectivity index (χ4v) is 4.58. The molecule has 0 radical (unpaired) electrons. The molecule has 0 amide bonds. The van der Waals surface area contributed by atoms with Crippen LogP contribution in [0.4, 0.5) is 0 Å². The third-order valence-electron chi connectivity index (χ3n) is 6.90. The molecule has 0 saturated carbocycles. The summed E-state index contributed by atoms with van der Waals surface area (Å²) in [6.45, 7) is 22.8. The van der Waals surface area contributed by atoms with Gasteiger partial charge in [-0.25, -0.2) is 0 Å². The van der Waals surface area contributed by atoms with Gasteiger partial charge in [-0.2, -0.15) is 0 Å². The molecule has 0 aromatic rings. The molecule has 6 aliphatic heterocycles. The zero-order chi connectivity index (χ0) is 41.3. The Balaban J connectivity index is -0.0000000534. The van der Waals surface area contributed by atoms with Gasteiger partial charge in [-0.3, -0.25) is 44.9 Å². The second kappa shape index (κ2) is 63.6. The Morgan fingerprint density at radius 1 is 0.224 bits per heavy atom. The standard InChI is InChI=1S/2C12H30N8.2Co.3H2O4S.10H2O/c2*1-2-14-8-20-11-17-5-3-15-9-19(7-13-1)10-16-4-6-18-12-20;;;3*1-5(2,3)4;;;;;;;;;;/h2*13-18H,1-12H2;;;3*(H2,1,2,3,4);10*1H2/q;;2*+3;;;;;;;;;;;;;/p-6. The van der Waals surface area contributed by atoms with Crippen molar-refractivity contribution in [3.05, 3.63) is 0 Å². The van der Waals surface area contributed by atoms with Gasteiger partial charge in [-0.05, 0) is 0 Å². The molecular weight excluding hydrogens is 1080 g/mol. The van der Waals surface area contributed by atoms with Crippen molar-refractivity contribution in [3.8, 4) is 0 Å². The van der Waals surface area contributed by atoms with E-state index in [1.807, 2.05) is 0 Å². The summed E-state index contributed by atoms with van der Waals surface area (Å²) in [5.41, 5.74) is 0. The van der Waals surface area contributed by atoms with Gasteiger partial charge < -0.3 is 146 Å². The van der Waals surface area contributed by atoms with Gasteiger partial charge in [0.25, 0.3) is 0 Å². The van der Waals surface area contributed by atoms with E-state index in [0.717, 1.165) is 159 Å². The fourth-order valence-electron chi connectivity index (χ4n) is 4.58. The maximum absolute atomic E-state index is 8.52. The molecule has 0 unspecified atom stereocenters. The predicted octanol–water partition coefficient (Wildman–Crippen LogP) is -18.5. The Morgan fingerprint density at radius 3 is 0.343 bits per heavy atom. The number of nitrogens with one attached hydrogen (secondary N) is 12. The summed E-state index contributed by atoms with van der Waals surface area (Å²) >= 11 is 0. The zero-order valence-corrected chi connectivity index (χ0v) is 41.1. The Labute approximate surface area is 412 Å². The van der Waals surface area contributed by atoms with Crippen LogP contribution in [0.1, 0.15) is 0 Å². The SMILES string of the molecule is C1CNCN2CNCCNCN(CN1)CNCCNC2.C1CNCN2CNCCNCN(CN1)CNCCNC2.O.O.O.O.O.O.O.O.O.O.O=S(=O)([O-])[O-].O=S(=O)([O-])[O-].O=S(=O)([O-])[O-].[Co+3].[Co+3]. The second-order valence-corrected chi connectivity index (χ2v) is 14.3. The molecule has 6 saturated heterocycles. The van der Waals surface area contributed by atoms with E-state index < -0.39 is 31.2 Å². The predicted molar refractivity (Wildman–Crippen MR) is 229 cm³/mol. The Kier molecular flexibility index (Phi) is 94.7. The van der Waals surface area contributed by atoms with E-state index in [-0.39, 0.29) is 88.3 Å². The normalized spacial score (nSPS) is 21.9. The second-order valence-electron chi connectivity index (χ2n) is 11.8. The Morgan fingerprint density at radius 2 is 0.284 bits per heavy atom. The number of fused-ring (bicyclic) bond motifs is 30. The van der Waals surface area contributed by atoms with Crippen LogP contribution < -0.4 is 63.8 Å². The molecule has 32 N–H and O–H groups in total. The molecule has 0 aromatic carbocycles. The first-order valence-corrected chi connectivity index (χ1v) is 21.3. The minimum absolute atomic E-state index is 0. The number of nitrogens with zero attached hydrogens (tertiary/aromatic N) is 4. The average molecular weight is 1160 g/mol. The van der Waals surface area contributed by atoms with Crippen LogP contribution in [0.3, 0.4) is 0 Å². The first-order valence-electron chi connectivity index (χ1n) is 17.3. The van der Waals surface area contributed by atoms with E-state index in [0.29, 0.717) is 0 Å². The summed E-state index contributed by atoms with van der Waals surface area (Å²) in [6, 6.07) is 0. The van der Waals surface area contributed by atoms with Crippen LogP contribution in [0.25, 0.3) is 0 Å². The molecule has 6 aliphatic rings. The van der Waals surface area contributed by atoms with Gasteiger partial charge in [0.05, 0.1) is 80.0 Å².